The van der Waals surface area contributed by atoms with Gasteiger partial charge in [-0.25, -0.2) is 4.79 Å². The monoisotopic (exact) mass is 542 g/mol. The Balaban J connectivity index is 1.78. The van der Waals surface area contributed by atoms with Crippen LogP contribution >= 0.6 is 0 Å². The molecule has 0 spiro atoms. The molecule has 202 valence electrons. The van der Waals surface area contributed by atoms with Gasteiger partial charge in [-0.15, -0.1) is 0 Å². The van der Waals surface area contributed by atoms with Crippen LogP contribution in [0.3, 0.4) is 0 Å². The molecule has 0 fully saturated rings. The highest BCUT2D eigenvalue weighted by atomic mass is 16.5. The number of phenols is 3. The third kappa shape index (κ3) is 4.51. The molecule has 0 aliphatic carbocycles. The van der Waals surface area contributed by atoms with Crippen LogP contribution in [0.1, 0.15) is 34.0 Å². The van der Waals surface area contributed by atoms with E-state index in [4.69, 9.17) is 13.6 Å². The van der Waals surface area contributed by atoms with E-state index in [1.165, 1.54) is 18.2 Å². The summed E-state index contributed by atoms with van der Waals surface area (Å²) in [6.45, 7) is 0. The van der Waals surface area contributed by atoms with E-state index in [-0.39, 0.29) is 39.6 Å². The fourth-order valence-electron chi connectivity index (χ4n) is 4.61. The van der Waals surface area contributed by atoms with Crippen molar-refractivity contribution in [2.75, 3.05) is 7.11 Å². The summed E-state index contributed by atoms with van der Waals surface area (Å²) in [7, 11) is 1.16. The van der Waals surface area contributed by atoms with Gasteiger partial charge < -0.3 is 34.0 Å². The first kappa shape index (κ1) is 26.1. The van der Waals surface area contributed by atoms with E-state index in [2.05, 4.69) is 0 Å². The van der Waals surface area contributed by atoms with Crippen LogP contribution in [-0.2, 0) is 9.53 Å². The summed E-state index contributed by atoms with van der Waals surface area (Å²) in [4.78, 5) is 37.4. The van der Waals surface area contributed by atoms with Crippen molar-refractivity contribution in [3.05, 3.63) is 99.9 Å². The summed E-state index contributed by atoms with van der Waals surface area (Å²) in [5, 5.41) is 41.4. The lowest BCUT2D eigenvalue weighted by Gasteiger charge is -2.19. The highest BCUT2D eigenvalue weighted by Gasteiger charge is 2.33. The number of furan rings is 1. The van der Waals surface area contributed by atoms with E-state index < -0.39 is 52.3 Å². The molecule has 10 heteroatoms. The molecule has 0 amide bonds. The summed E-state index contributed by atoms with van der Waals surface area (Å²) in [5.74, 6) is -5.49. The highest BCUT2D eigenvalue weighted by molar-refractivity contribution is 5.95. The molecule has 40 heavy (non-hydrogen) atoms. The predicted octanol–water partition coefficient (Wildman–Crippen LogP) is 5.23. The van der Waals surface area contributed by atoms with E-state index >= 15 is 0 Å². The smallest absolute Gasteiger partial charge is 0.336 e. The molecule has 3 aromatic carbocycles. The zero-order valence-corrected chi connectivity index (χ0v) is 21.0. The molecule has 0 saturated carbocycles. The molecule has 5 aromatic rings. The van der Waals surface area contributed by atoms with Crippen molar-refractivity contribution >= 4 is 22.9 Å². The molecule has 5 rings (SSSR count). The number of carbonyl (C=O) groups is 2. The predicted molar refractivity (Wildman–Crippen MR) is 142 cm³/mol. The van der Waals surface area contributed by atoms with Gasteiger partial charge in [0, 0.05) is 17.2 Å². The van der Waals surface area contributed by atoms with Crippen LogP contribution in [0.15, 0.2) is 86.4 Å². The van der Waals surface area contributed by atoms with Crippen LogP contribution in [0.5, 0.6) is 17.2 Å². The van der Waals surface area contributed by atoms with E-state index in [1.54, 1.807) is 48.5 Å². The number of benzene rings is 3. The first-order chi connectivity index (χ1) is 19.2. The number of aromatic hydroxyl groups is 3. The lowest BCUT2D eigenvalue weighted by molar-refractivity contribution is -0.140. The number of carboxylic acids is 1. The van der Waals surface area contributed by atoms with Gasteiger partial charge in [0.25, 0.3) is 0 Å². The van der Waals surface area contributed by atoms with Crippen LogP contribution in [0.4, 0.5) is 0 Å². The van der Waals surface area contributed by atoms with Gasteiger partial charge in [0.1, 0.15) is 28.2 Å². The lowest BCUT2D eigenvalue weighted by Crippen LogP contribution is -2.12. The number of ether oxygens (including phenoxy) is 1. The van der Waals surface area contributed by atoms with Crippen molar-refractivity contribution in [1.82, 2.24) is 0 Å². The number of hydrogen-bond acceptors (Lipinski definition) is 9. The Labute approximate surface area is 225 Å². The van der Waals surface area contributed by atoms with Crippen molar-refractivity contribution in [2.24, 2.45) is 0 Å². The van der Waals surface area contributed by atoms with Crippen LogP contribution in [0, 0.1) is 0 Å². The second-order valence-corrected chi connectivity index (χ2v) is 8.89. The molecule has 0 saturated heterocycles. The van der Waals surface area contributed by atoms with Gasteiger partial charge >= 0.3 is 11.9 Å². The first-order valence-electron chi connectivity index (χ1n) is 12.0. The summed E-state index contributed by atoms with van der Waals surface area (Å²) in [6.07, 6.45) is -0.434. The molecular weight excluding hydrogens is 520 g/mol. The quantitative estimate of drug-likeness (QED) is 0.158. The van der Waals surface area contributed by atoms with Crippen LogP contribution in [0.25, 0.3) is 33.6 Å². The summed E-state index contributed by atoms with van der Waals surface area (Å²) < 4.78 is 16.9. The van der Waals surface area contributed by atoms with E-state index in [9.17, 15) is 34.8 Å². The minimum atomic E-state index is -1.19. The molecule has 2 heterocycles. The molecular formula is C30H22O10. The van der Waals surface area contributed by atoms with E-state index in [0.717, 1.165) is 13.2 Å². The Morgan fingerprint density at radius 3 is 2.25 bits per heavy atom. The first-order valence-corrected chi connectivity index (χ1v) is 12.0. The summed E-state index contributed by atoms with van der Waals surface area (Å²) in [6, 6.07) is 18.9. The number of phenolic OH excluding ortho intramolecular Hbond substituents is 3. The van der Waals surface area contributed by atoms with Crippen molar-refractivity contribution in [3.63, 3.8) is 0 Å². The number of methoxy groups -OCH3 is 1. The number of esters is 1. The van der Waals surface area contributed by atoms with Gasteiger partial charge in [0.15, 0.2) is 16.9 Å². The Kier molecular flexibility index (Phi) is 6.75. The Bertz CT molecular complexity index is 1810. The lowest BCUT2D eigenvalue weighted by atomic mass is 9.90. The second-order valence-electron chi connectivity index (χ2n) is 8.89. The number of hydrogen-bond donors (Lipinski definition) is 4. The van der Waals surface area contributed by atoms with Gasteiger partial charge in [0.2, 0.25) is 5.75 Å². The van der Waals surface area contributed by atoms with Gasteiger partial charge in [0.05, 0.1) is 30.6 Å². The maximum atomic E-state index is 13.2. The maximum Gasteiger partial charge on any atom is 0.336 e. The van der Waals surface area contributed by atoms with Gasteiger partial charge in [-0.05, 0) is 18.2 Å². The third-order valence-corrected chi connectivity index (χ3v) is 6.53. The number of rotatable bonds is 7. The average molecular weight is 542 g/mol. The molecule has 2 aromatic heterocycles. The Morgan fingerprint density at radius 2 is 1.55 bits per heavy atom. The maximum absolute atomic E-state index is 13.2. The van der Waals surface area contributed by atoms with Crippen LogP contribution in [0.2, 0.25) is 0 Å². The average Bonchev–Trinajstić information content (AvgIpc) is 3.45. The normalized spacial score (nSPS) is 11.8. The SMILES string of the molecule is COC(=O)CC(c1ccc(-c2ccccc2C(=O)O)o1)c1c(O)c(O)c(O)c2c(=O)cc(-c3ccccc3)oc12. The van der Waals surface area contributed by atoms with Crippen LogP contribution in [-0.4, -0.2) is 39.5 Å². The third-order valence-electron chi connectivity index (χ3n) is 6.53. The standard InChI is InChI=1S/C30H22O10/c1-38-23(32)13-18(21-12-11-20(39-21)16-9-5-6-10-17(16)30(36)37)24-26(33)28(35)27(34)25-19(31)14-22(40-29(24)25)15-7-3-2-4-8-15/h2-12,14,18,33-35H,13H2,1H3,(H,36,37). The molecule has 1 unspecified atom stereocenters. The minimum Gasteiger partial charge on any atom is -0.504 e. The fourth-order valence-corrected chi connectivity index (χ4v) is 4.61. The fraction of sp³-hybridized carbons (Fsp3) is 0.100. The number of carboxylic acid groups (broad SMARTS) is 1. The summed E-state index contributed by atoms with van der Waals surface area (Å²) in [5.41, 5.74) is -0.438. The zero-order chi connectivity index (χ0) is 28.6. The molecule has 0 bridgehead atoms. The van der Waals surface area contributed by atoms with Gasteiger partial charge in [-0.3, -0.25) is 9.59 Å². The molecule has 1 atom stereocenters. The Morgan fingerprint density at radius 1 is 0.850 bits per heavy atom. The van der Waals surface area contributed by atoms with E-state index in [1.807, 2.05) is 0 Å². The molecule has 4 N–H and O–H groups in total. The number of fused-ring (bicyclic) bond motifs is 1. The van der Waals surface area contributed by atoms with Crippen molar-refractivity contribution < 1.29 is 43.6 Å². The highest BCUT2D eigenvalue weighted by Crippen LogP contribution is 2.49. The largest absolute Gasteiger partial charge is 0.504 e. The van der Waals surface area contributed by atoms with Crippen LogP contribution < -0.4 is 5.43 Å². The van der Waals surface area contributed by atoms with E-state index in [0.29, 0.717) is 5.56 Å². The van der Waals surface area contributed by atoms with Gasteiger partial charge in [-0.2, -0.15) is 0 Å². The molecule has 0 radical (unpaired) electrons. The topological polar surface area (TPSA) is 168 Å². The summed E-state index contributed by atoms with van der Waals surface area (Å²) >= 11 is 0. The second kappa shape index (κ2) is 10.3. The molecule has 0 aliphatic rings. The molecule has 10 nitrogen and oxygen atoms in total. The van der Waals surface area contributed by atoms with Gasteiger partial charge in [-0.1, -0.05) is 48.5 Å². The Hall–Kier alpha value is -5.51. The molecule has 0 aliphatic heterocycles. The minimum absolute atomic E-state index is 0.0259. The zero-order valence-electron chi connectivity index (χ0n) is 21.0. The van der Waals surface area contributed by atoms with Crippen molar-refractivity contribution in [2.45, 2.75) is 12.3 Å². The van der Waals surface area contributed by atoms with Crippen molar-refractivity contribution in [1.29, 1.82) is 0 Å². The number of carbonyl (C=O) groups excluding carboxylic acids is 1. The van der Waals surface area contributed by atoms with Crippen molar-refractivity contribution in [3.8, 4) is 39.9 Å². The number of aromatic carboxylic acids is 1.